The van der Waals surface area contributed by atoms with E-state index in [4.69, 9.17) is 9.47 Å². The van der Waals surface area contributed by atoms with Crippen molar-refractivity contribution in [3.05, 3.63) is 63.7 Å². The monoisotopic (exact) mass is 489 g/mol. The van der Waals surface area contributed by atoms with Gasteiger partial charge in [0.2, 0.25) is 0 Å². The number of carbonyl (C=O) groups is 1. The molecule has 0 saturated heterocycles. The first-order chi connectivity index (χ1) is 13.6. The molecule has 0 aliphatic carbocycles. The Labute approximate surface area is 177 Å². The van der Waals surface area contributed by atoms with Crippen LogP contribution >= 0.6 is 22.6 Å². The number of carbonyl (C=O) groups excluding carboxylic acids is 1. The van der Waals surface area contributed by atoms with Gasteiger partial charge in [-0.15, -0.1) is 0 Å². The maximum absolute atomic E-state index is 12.1. The van der Waals surface area contributed by atoms with Gasteiger partial charge in [-0.3, -0.25) is 4.79 Å². The molecule has 0 aromatic heterocycles. The van der Waals surface area contributed by atoms with Crippen LogP contribution in [-0.2, 0) is 4.79 Å². The predicted molar refractivity (Wildman–Crippen MR) is 120 cm³/mol. The summed E-state index contributed by atoms with van der Waals surface area (Å²) >= 11 is 2.16. The second-order valence-corrected chi connectivity index (χ2v) is 7.07. The fraction of sp³-hybridized carbons (Fsp3) is 0.143. The van der Waals surface area contributed by atoms with Gasteiger partial charge in [-0.25, -0.2) is 5.43 Å². The highest BCUT2D eigenvalue weighted by Gasteiger charge is 2.09. The number of nitrogens with zero attached hydrogens (tertiary/aromatic N) is 1. The van der Waals surface area contributed by atoms with E-state index in [1.165, 1.54) is 0 Å². The minimum absolute atomic E-state index is 0.120. The lowest BCUT2D eigenvalue weighted by molar-refractivity contribution is -0.119. The number of halogens is 1. The second kappa shape index (κ2) is 9.41. The summed E-state index contributed by atoms with van der Waals surface area (Å²) in [6.45, 7) is 0.120. The summed E-state index contributed by atoms with van der Waals surface area (Å²) in [6.07, 6.45) is 1.57. The van der Waals surface area contributed by atoms with E-state index < -0.39 is 0 Å². The van der Waals surface area contributed by atoms with Gasteiger partial charge < -0.3 is 14.8 Å². The molecule has 0 heterocycles. The van der Waals surface area contributed by atoms with E-state index in [1.807, 2.05) is 48.5 Å². The number of hydrogen-bond acceptors (Lipinski definition) is 5. The summed E-state index contributed by atoms with van der Waals surface area (Å²) in [5.41, 5.74) is 4.23. The SMILES string of the molecule is COc1cc(/C=N/NC(=O)CNc2cccc3ccccc23)cc(I)c1OC. The molecule has 0 atom stereocenters. The molecule has 3 rings (SSSR count). The summed E-state index contributed by atoms with van der Waals surface area (Å²) in [7, 11) is 3.17. The average Bonchev–Trinajstić information content (AvgIpc) is 2.71. The van der Waals surface area contributed by atoms with E-state index in [9.17, 15) is 4.79 Å². The zero-order valence-electron chi connectivity index (χ0n) is 15.5. The van der Waals surface area contributed by atoms with Crippen molar-refractivity contribution < 1.29 is 14.3 Å². The second-order valence-electron chi connectivity index (χ2n) is 5.91. The fourth-order valence-electron chi connectivity index (χ4n) is 2.79. The third kappa shape index (κ3) is 4.72. The van der Waals surface area contributed by atoms with E-state index in [1.54, 1.807) is 26.5 Å². The zero-order chi connectivity index (χ0) is 19.9. The lowest BCUT2D eigenvalue weighted by Gasteiger charge is -2.10. The molecule has 6 nitrogen and oxygen atoms in total. The smallest absolute Gasteiger partial charge is 0.259 e. The van der Waals surface area contributed by atoms with Crippen molar-refractivity contribution in [3.63, 3.8) is 0 Å². The van der Waals surface area contributed by atoms with E-state index in [2.05, 4.69) is 38.4 Å². The summed E-state index contributed by atoms with van der Waals surface area (Å²) in [5.74, 6) is 1.04. The van der Waals surface area contributed by atoms with Crippen LogP contribution in [0.4, 0.5) is 5.69 Å². The van der Waals surface area contributed by atoms with Crippen LogP contribution in [0.25, 0.3) is 10.8 Å². The molecule has 0 spiro atoms. The maximum Gasteiger partial charge on any atom is 0.259 e. The number of hydrogen-bond donors (Lipinski definition) is 2. The highest BCUT2D eigenvalue weighted by Crippen LogP contribution is 2.33. The standard InChI is InChI=1S/C21H20IN3O3/c1-27-19-11-14(10-17(22)21(19)28-2)12-24-25-20(26)13-23-18-9-5-7-15-6-3-4-8-16(15)18/h3-12,23H,13H2,1-2H3,(H,25,26)/b24-12+. The largest absolute Gasteiger partial charge is 0.493 e. The Morgan fingerprint density at radius 3 is 2.68 bits per heavy atom. The van der Waals surface area contributed by atoms with Gasteiger partial charge >= 0.3 is 0 Å². The average molecular weight is 489 g/mol. The van der Waals surface area contributed by atoms with E-state index in [-0.39, 0.29) is 12.5 Å². The van der Waals surface area contributed by atoms with E-state index >= 15 is 0 Å². The minimum atomic E-state index is -0.237. The molecule has 0 bridgehead atoms. The molecule has 3 aromatic carbocycles. The van der Waals surface area contributed by atoms with Crippen molar-refractivity contribution >= 4 is 51.2 Å². The van der Waals surface area contributed by atoms with Crippen LogP contribution in [-0.4, -0.2) is 32.9 Å². The first-order valence-corrected chi connectivity index (χ1v) is 9.65. The number of methoxy groups -OCH3 is 2. The molecule has 0 fully saturated rings. The highest BCUT2D eigenvalue weighted by atomic mass is 127. The molecule has 2 N–H and O–H groups in total. The molecule has 3 aromatic rings. The number of benzene rings is 3. The molecule has 1 amide bonds. The third-order valence-electron chi connectivity index (χ3n) is 4.09. The maximum atomic E-state index is 12.1. The molecule has 28 heavy (non-hydrogen) atoms. The summed E-state index contributed by atoms with van der Waals surface area (Å²) in [5, 5.41) is 9.37. The molecule has 0 aliphatic heterocycles. The van der Waals surface area contributed by atoms with Gasteiger partial charge in [0.15, 0.2) is 11.5 Å². The fourth-order valence-corrected chi connectivity index (χ4v) is 3.63. The molecular formula is C21H20IN3O3. The lowest BCUT2D eigenvalue weighted by atomic mass is 10.1. The predicted octanol–water partition coefficient (Wildman–Crippen LogP) is 4.02. The number of amides is 1. The highest BCUT2D eigenvalue weighted by molar-refractivity contribution is 14.1. The molecule has 0 radical (unpaired) electrons. The third-order valence-corrected chi connectivity index (χ3v) is 4.89. The Bertz CT molecular complexity index is 1020. The Morgan fingerprint density at radius 2 is 1.89 bits per heavy atom. The van der Waals surface area contributed by atoms with Gasteiger partial charge in [-0.2, -0.15) is 5.10 Å². The van der Waals surface area contributed by atoms with Crippen LogP contribution in [0.15, 0.2) is 59.7 Å². The molecule has 0 saturated carbocycles. The number of fused-ring (bicyclic) bond motifs is 1. The number of rotatable bonds is 7. The van der Waals surface area contributed by atoms with Crippen molar-refractivity contribution in [2.45, 2.75) is 0 Å². The van der Waals surface area contributed by atoms with Crippen molar-refractivity contribution in [3.8, 4) is 11.5 Å². The number of nitrogens with one attached hydrogen (secondary N) is 2. The Balaban J connectivity index is 1.60. The first-order valence-electron chi connectivity index (χ1n) is 8.57. The molecule has 144 valence electrons. The summed E-state index contributed by atoms with van der Waals surface area (Å²) in [6, 6.07) is 17.7. The van der Waals surface area contributed by atoms with Crippen LogP contribution < -0.4 is 20.2 Å². The zero-order valence-corrected chi connectivity index (χ0v) is 17.7. The van der Waals surface area contributed by atoms with Crippen LogP contribution in [0.3, 0.4) is 0 Å². The van der Waals surface area contributed by atoms with Crippen molar-refractivity contribution in [1.29, 1.82) is 0 Å². The van der Waals surface area contributed by atoms with Gasteiger partial charge in [-0.1, -0.05) is 36.4 Å². The Morgan fingerprint density at radius 1 is 1.11 bits per heavy atom. The van der Waals surface area contributed by atoms with Crippen LogP contribution in [0.5, 0.6) is 11.5 Å². The van der Waals surface area contributed by atoms with Gasteiger partial charge in [0.25, 0.3) is 5.91 Å². The molecule has 0 aliphatic rings. The Hall–Kier alpha value is -2.81. The minimum Gasteiger partial charge on any atom is -0.493 e. The van der Waals surface area contributed by atoms with Gasteiger partial charge in [-0.05, 0) is 51.7 Å². The number of ether oxygens (including phenoxy) is 2. The lowest BCUT2D eigenvalue weighted by Crippen LogP contribution is -2.25. The first kappa shape index (κ1) is 19.9. The summed E-state index contributed by atoms with van der Waals surface area (Å²) in [4.78, 5) is 12.1. The van der Waals surface area contributed by atoms with Crippen LogP contribution in [0.2, 0.25) is 0 Å². The topological polar surface area (TPSA) is 72.0 Å². The van der Waals surface area contributed by atoms with Crippen molar-refractivity contribution in [2.75, 3.05) is 26.1 Å². The summed E-state index contributed by atoms with van der Waals surface area (Å²) < 4.78 is 11.5. The molecular weight excluding hydrogens is 469 g/mol. The van der Waals surface area contributed by atoms with Gasteiger partial charge in [0.05, 0.1) is 30.5 Å². The molecule has 0 unspecified atom stereocenters. The normalized spacial score (nSPS) is 10.8. The van der Waals surface area contributed by atoms with Gasteiger partial charge in [0, 0.05) is 11.1 Å². The number of hydrazone groups is 1. The van der Waals surface area contributed by atoms with E-state index in [0.717, 1.165) is 25.6 Å². The molecule has 7 heteroatoms. The number of anilines is 1. The Kier molecular flexibility index (Phi) is 6.70. The quantitative estimate of drug-likeness (QED) is 0.299. The van der Waals surface area contributed by atoms with Crippen LogP contribution in [0, 0.1) is 3.57 Å². The van der Waals surface area contributed by atoms with Crippen molar-refractivity contribution in [2.24, 2.45) is 5.10 Å². The van der Waals surface area contributed by atoms with Crippen LogP contribution in [0.1, 0.15) is 5.56 Å². The van der Waals surface area contributed by atoms with Crippen molar-refractivity contribution in [1.82, 2.24) is 5.43 Å². The van der Waals surface area contributed by atoms with Gasteiger partial charge in [0.1, 0.15) is 0 Å². The van der Waals surface area contributed by atoms with E-state index in [0.29, 0.717) is 11.5 Å².